The molecule has 3 nitrogen and oxygen atoms in total. The van der Waals surface area contributed by atoms with Crippen LogP contribution in [0.1, 0.15) is 80.6 Å². The normalized spacial score (nSPS) is 25.5. The molecule has 1 saturated carbocycles. The van der Waals surface area contributed by atoms with Crippen molar-refractivity contribution in [2.75, 3.05) is 0 Å². The summed E-state index contributed by atoms with van der Waals surface area (Å²) in [4.78, 5) is 12.5. The number of carbonyl (C=O) groups excluding carboxylic acids is 1. The van der Waals surface area contributed by atoms with Gasteiger partial charge >= 0.3 is 0 Å². The van der Waals surface area contributed by atoms with E-state index < -0.39 is 16.6 Å². The van der Waals surface area contributed by atoms with E-state index in [0.29, 0.717) is 6.42 Å². The molecule has 4 atom stereocenters. The van der Waals surface area contributed by atoms with Gasteiger partial charge in [-0.2, -0.15) is 0 Å². The Morgan fingerprint density at radius 2 is 1.38 bits per heavy atom. The van der Waals surface area contributed by atoms with Crippen molar-refractivity contribution < 1.29 is 13.6 Å². The van der Waals surface area contributed by atoms with Crippen LogP contribution in [-0.4, -0.2) is 34.6 Å². The monoisotopic (exact) mass is 480 g/mol. The van der Waals surface area contributed by atoms with Crippen LogP contribution in [-0.2, 0) is 13.6 Å². The molecule has 0 N–H and O–H groups in total. The molecule has 0 radical (unpaired) electrons. The molecular weight excluding hydrogens is 428 g/mol. The van der Waals surface area contributed by atoms with Crippen LogP contribution in [0.25, 0.3) is 0 Å². The van der Waals surface area contributed by atoms with Gasteiger partial charge in [-0.15, -0.1) is 6.58 Å². The molecule has 0 amide bonds. The van der Waals surface area contributed by atoms with Crippen molar-refractivity contribution in [3.8, 4) is 0 Å². The molecule has 0 aliphatic heterocycles. The molecule has 186 valence electrons. The molecule has 0 unspecified atom stereocenters. The Morgan fingerprint density at radius 1 is 0.906 bits per heavy atom. The highest BCUT2D eigenvalue weighted by molar-refractivity contribution is 6.74. The average Bonchev–Trinajstić information content (AvgIpc) is 2.92. The summed E-state index contributed by atoms with van der Waals surface area (Å²) in [5.74, 6) is 0.520. The van der Waals surface area contributed by atoms with Gasteiger partial charge in [0.15, 0.2) is 22.4 Å². The van der Waals surface area contributed by atoms with E-state index in [0.717, 1.165) is 25.7 Å². The van der Waals surface area contributed by atoms with Crippen molar-refractivity contribution in [3.05, 3.63) is 24.8 Å². The van der Waals surface area contributed by atoms with Crippen molar-refractivity contribution in [2.24, 2.45) is 11.8 Å². The van der Waals surface area contributed by atoms with Crippen molar-refractivity contribution in [2.45, 2.75) is 129 Å². The maximum atomic E-state index is 12.5. The van der Waals surface area contributed by atoms with Crippen LogP contribution in [0.2, 0.25) is 36.3 Å². The van der Waals surface area contributed by atoms with Gasteiger partial charge in [0, 0.05) is 18.3 Å². The van der Waals surface area contributed by atoms with Crippen LogP contribution in [0.3, 0.4) is 0 Å². The van der Waals surface area contributed by atoms with Gasteiger partial charge in [0.25, 0.3) is 0 Å². The van der Waals surface area contributed by atoms with E-state index in [-0.39, 0.29) is 39.9 Å². The van der Waals surface area contributed by atoms with E-state index in [9.17, 15) is 4.79 Å². The second kappa shape index (κ2) is 11.3. The third-order valence-electron chi connectivity index (χ3n) is 8.08. The van der Waals surface area contributed by atoms with E-state index in [1.807, 2.05) is 12.2 Å². The molecule has 32 heavy (non-hydrogen) atoms. The van der Waals surface area contributed by atoms with Gasteiger partial charge in [0.05, 0.1) is 12.2 Å². The maximum Gasteiger partial charge on any atom is 0.192 e. The maximum absolute atomic E-state index is 12.5. The van der Waals surface area contributed by atoms with Gasteiger partial charge in [0.1, 0.15) is 0 Å². The topological polar surface area (TPSA) is 35.5 Å². The molecule has 0 spiro atoms. The van der Waals surface area contributed by atoms with Crippen LogP contribution in [0.5, 0.6) is 0 Å². The third kappa shape index (κ3) is 7.78. The quantitative estimate of drug-likeness (QED) is 0.129. The fourth-order valence-electron chi connectivity index (χ4n) is 3.81. The first-order chi connectivity index (χ1) is 14.5. The molecule has 1 aliphatic carbocycles. The summed E-state index contributed by atoms with van der Waals surface area (Å²) in [5, 5.41) is 0.289. The minimum Gasteiger partial charge on any atom is -0.413 e. The number of carbonyl (C=O) groups is 1. The summed E-state index contributed by atoms with van der Waals surface area (Å²) in [5.41, 5.74) is 0. The lowest BCUT2D eigenvalue weighted by Gasteiger charge is -2.40. The fourth-order valence-corrected chi connectivity index (χ4v) is 6.54. The van der Waals surface area contributed by atoms with E-state index in [2.05, 4.69) is 87.3 Å². The highest BCUT2D eigenvalue weighted by Crippen LogP contribution is 2.47. The highest BCUT2D eigenvalue weighted by Gasteiger charge is 2.49. The molecule has 0 heterocycles. The van der Waals surface area contributed by atoms with Crippen LogP contribution >= 0.6 is 0 Å². The second-order valence-electron chi connectivity index (χ2n) is 12.7. The van der Waals surface area contributed by atoms with Crippen LogP contribution in [0, 0.1) is 11.8 Å². The van der Waals surface area contributed by atoms with Crippen LogP contribution in [0.15, 0.2) is 24.8 Å². The summed E-state index contributed by atoms with van der Waals surface area (Å²) < 4.78 is 13.8. The van der Waals surface area contributed by atoms with E-state index in [4.69, 9.17) is 8.85 Å². The predicted octanol–water partition coefficient (Wildman–Crippen LogP) is 8.29. The standard InChI is InChI=1S/C27H52O3Si2/c1-13-15-16-17-21(28)18-19-23-22(14-2)24(29-31(9,10)26(3,4)5)20-25(23)30-32(11,12)27(6,7)8/h14,18-19,22-25H,2,13,15-17,20H2,1,3-12H3/b19-18+/t22-,23+,24+,25-/m0/s1. The fraction of sp³-hybridized carbons (Fsp3) is 0.815. The zero-order valence-corrected chi connectivity index (χ0v) is 25.0. The molecule has 5 heteroatoms. The molecular formula is C27H52O3Si2. The highest BCUT2D eigenvalue weighted by atomic mass is 28.4. The Balaban J connectivity index is 3.19. The van der Waals surface area contributed by atoms with E-state index >= 15 is 0 Å². The van der Waals surface area contributed by atoms with Gasteiger partial charge < -0.3 is 8.85 Å². The minimum absolute atomic E-state index is 0.0633. The van der Waals surface area contributed by atoms with Crippen LogP contribution < -0.4 is 0 Å². The first-order valence-electron chi connectivity index (χ1n) is 12.7. The number of unbranched alkanes of at least 4 members (excludes halogenated alkanes) is 2. The Bertz CT molecular complexity index is 653. The molecule has 1 fully saturated rings. The summed E-state index contributed by atoms with van der Waals surface area (Å²) in [6.07, 6.45) is 10.8. The van der Waals surface area contributed by atoms with E-state index in [1.165, 1.54) is 0 Å². The Morgan fingerprint density at radius 3 is 1.78 bits per heavy atom. The summed E-state index contributed by atoms with van der Waals surface area (Å²) in [6.45, 7) is 29.3. The summed E-state index contributed by atoms with van der Waals surface area (Å²) in [6, 6.07) is 0. The van der Waals surface area contributed by atoms with Crippen molar-refractivity contribution in [3.63, 3.8) is 0 Å². The first-order valence-corrected chi connectivity index (χ1v) is 18.5. The SMILES string of the molecule is C=C[C@H]1[C@@H](/C=C/C(=O)CCCCC)[C@@H](O[Si](C)(C)C(C)(C)C)C[C@H]1O[Si](C)(C)C(C)(C)C. The van der Waals surface area contributed by atoms with Gasteiger partial charge in [-0.1, -0.05) is 73.5 Å². The molecule has 0 bridgehead atoms. The number of hydrogen-bond acceptors (Lipinski definition) is 3. The smallest absolute Gasteiger partial charge is 0.192 e. The minimum atomic E-state index is -1.96. The van der Waals surface area contributed by atoms with Gasteiger partial charge in [-0.05, 0) is 55.2 Å². The van der Waals surface area contributed by atoms with Crippen molar-refractivity contribution >= 4 is 22.4 Å². The predicted molar refractivity (Wildman–Crippen MR) is 144 cm³/mol. The summed E-state index contributed by atoms with van der Waals surface area (Å²) in [7, 11) is -3.89. The number of hydrogen-bond donors (Lipinski definition) is 0. The molecule has 0 aromatic carbocycles. The molecule has 1 rings (SSSR count). The number of allylic oxidation sites excluding steroid dienone is 1. The van der Waals surface area contributed by atoms with Crippen molar-refractivity contribution in [1.29, 1.82) is 0 Å². The molecule has 0 aromatic heterocycles. The lowest BCUT2D eigenvalue weighted by Crippen LogP contribution is -2.45. The summed E-state index contributed by atoms with van der Waals surface area (Å²) >= 11 is 0. The van der Waals surface area contributed by atoms with Gasteiger partial charge in [0.2, 0.25) is 0 Å². The molecule has 0 saturated heterocycles. The second-order valence-corrected chi connectivity index (χ2v) is 22.3. The van der Waals surface area contributed by atoms with Gasteiger partial charge in [-0.3, -0.25) is 4.79 Å². The van der Waals surface area contributed by atoms with Crippen molar-refractivity contribution in [1.82, 2.24) is 0 Å². The molecule has 1 aliphatic rings. The Labute approximate surface area is 201 Å². The number of rotatable bonds is 11. The van der Waals surface area contributed by atoms with Gasteiger partial charge in [-0.25, -0.2) is 0 Å². The largest absolute Gasteiger partial charge is 0.413 e. The third-order valence-corrected chi connectivity index (χ3v) is 17.1. The lowest BCUT2D eigenvalue weighted by atomic mass is 9.93. The van der Waals surface area contributed by atoms with E-state index in [1.54, 1.807) is 0 Å². The number of ketones is 1. The Kier molecular flexibility index (Phi) is 10.4. The first kappa shape index (κ1) is 29.5. The molecule has 0 aromatic rings. The Hall–Kier alpha value is -0.496. The lowest BCUT2D eigenvalue weighted by molar-refractivity contribution is -0.114. The zero-order chi connectivity index (χ0) is 25.0. The average molecular weight is 481 g/mol. The zero-order valence-electron chi connectivity index (χ0n) is 23.0. The van der Waals surface area contributed by atoms with Crippen LogP contribution in [0.4, 0.5) is 0 Å².